The summed E-state index contributed by atoms with van der Waals surface area (Å²) in [6.45, 7) is 1.50. The molecule has 2 N–H and O–H groups in total. The van der Waals surface area contributed by atoms with Crippen molar-refractivity contribution in [3.63, 3.8) is 0 Å². The van der Waals surface area contributed by atoms with Crippen molar-refractivity contribution in [2.75, 3.05) is 51.5 Å². The fourth-order valence-electron chi connectivity index (χ4n) is 18.2. The lowest BCUT2D eigenvalue weighted by Crippen LogP contribution is -2.34. The van der Waals surface area contributed by atoms with E-state index >= 15 is 0 Å². The monoisotopic (exact) mass is 1900 g/mol. The van der Waals surface area contributed by atoms with Gasteiger partial charge in [-0.2, -0.15) is 0 Å². The van der Waals surface area contributed by atoms with E-state index in [0.29, 0.717) is 72.7 Å². The van der Waals surface area contributed by atoms with Gasteiger partial charge in [0.25, 0.3) is 29.1 Å². The second-order valence-electron chi connectivity index (χ2n) is 32.3. The van der Waals surface area contributed by atoms with Crippen molar-refractivity contribution in [2.24, 2.45) is 0 Å². The summed E-state index contributed by atoms with van der Waals surface area (Å²) in [6.07, 6.45) is 0. The Hall–Kier alpha value is -14.9. The number of ether oxygens (including phenoxy) is 2. The van der Waals surface area contributed by atoms with Gasteiger partial charge in [-0.3, -0.25) is 39.5 Å². The molecular formula is C111H84Cl6N8O10. The predicted molar refractivity (Wildman–Crippen MR) is 540 cm³/mol. The molecule has 670 valence electrons. The van der Waals surface area contributed by atoms with Gasteiger partial charge < -0.3 is 34.8 Å². The lowest BCUT2D eigenvalue weighted by atomic mass is 9.82. The Kier molecular flexibility index (Phi) is 28.0. The molecule has 0 fully saturated rings. The van der Waals surface area contributed by atoms with E-state index in [0.717, 1.165) is 116 Å². The number of non-ortho nitro benzene ring substituents is 2. The number of hydrogen-bond donors (Lipinski definition) is 2. The summed E-state index contributed by atoms with van der Waals surface area (Å²) in [5.41, 5.74) is 21.9. The van der Waals surface area contributed by atoms with E-state index in [4.69, 9.17) is 79.1 Å². The average molecular weight is 1900 g/mol. The lowest BCUT2D eigenvalue weighted by molar-refractivity contribution is -0.385. The molecule has 24 heteroatoms. The fraction of sp³-hybridized carbons (Fsp3) is 0.0991. The molecule has 4 atom stereocenters. The maximum absolute atomic E-state index is 13.8. The van der Waals surface area contributed by atoms with Gasteiger partial charge in [-0.25, -0.2) is 4.79 Å². The van der Waals surface area contributed by atoms with E-state index in [9.17, 15) is 39.4 Å². The van der Waals surface area contributed by atoms with Crippen LogP contribution in [0.3, 0.4) is 0 Å². The number of carbonyl (C=O) groups excluding carboxylic acids is 4. The number of fused-ring (bicyclic) bond motifs is 8. The van der Waals surface area contributed by atoms with Crippen LogP contribution < -0.4 is 39.7 Å². The van der Waals surface area contributed by atoms with E-state index in [1.54, 1.807) is 36.2 Å². The van der Waals surface area contributed by atoms with Gasteiger partial charge in [0, 0.05) is 141 Å². The first kappa shape index (κ1) is 92.0. The molecule has 0 bridgehead atoms. The van der Waals surface area contributed by atoms with Crippen molar-refractivity contribution >= 4 is 139 Å². The van der Waals surface area contributed by atoms with Gasteiger partial charge in [0.15, 0.2) is 0 Å². The Morgan fingerprint density at radius 3 is 1.10 bits per heavy atom. The second-order valence-corrected chi connectivity index (χ2v) is 34.8. The molecule has 20 rings (SSSR count). The zero-order chi connectivity index (χ0) is 94.1. The summed E-state index contributed by atoms with van der Waals surface area (Å²) < 4.78 is 11.3. The Balaban J connectivity index is 0.000000125. The van der Waals surface area contributed by atoms with Crippen molar-refractivity contribution in [1.82, 2.24) is 0 Å². The second kappa shape index (κ2) is 41.1. The highest BCUT2D eigenvalue weighted by atomic mass is 35.5. The molecule has 0 aromatic heterocycles. The number of halogens is 6. The topological polar surface area (TPSA) is 210 Å². The van der Waals surface area contributed by atoms with Gasteiger partial charge in [0.2, 0.25) is 0 Å². The van der Waals surface area contributed by atoms with E-state index < -0.39 is 9.85 Å². The van der Waals surface area contributed by atoms with Crippen molar-refractivity contribution < 1.29 is 38.5 Å². The number of carbonyl (C=O) groups is 4. The fourth-order valence-corrected chi connectivity index (χ4v) is 19.6. The van der Waals surface area contributed by atoms with Crippen molar-refractivity contribution in [1.29, 1.82) is 0 Å². The molecule has 4 heterocycles. The number of hydrogen-bond acceptors (Lipinski definition) is 11. The number of methoxy groups -OCH3 is 2. The Morgan fingerprint density at radius 1 is 0.311 bits per heavy atom. The average Bonchev–Trinajstić information content (AvgIpc) is 1.63. The smallest absolute Gasteiger partial charge is 0.326 e. The van der Waals surface area contributed by atoms with E-state index in [-0.39, 0.29) is 71.9 Å². The molecule has 4 unspecified atom stereocenters. The zero-order valence-corrected chi connectivity index (χ0v) is 77.4. The normalized spacial score (nSPS) is 14.6. The molecular weight excluding hydrogens is 1820 g/mol. The molecule has 0 saturated carbocycles. The minimum Gasteiger partial charge on any atom is -0.497 e. The van der Waals surface area contributed by atoms with Crippen LogP contribution in [0.4, 0.5) is 50.3 Å². The largest absolute Gasteiger partial charge is 0.497 e. The number of rotatable bonds is 13. The summed E-state index contributed by atoms with van der Waals surface area (Å²) in [5, 5.41) is 32.0. The number of nitrogens with one attached hydrogen (secondary N) is 2. The lowest BCUT2D eigenvalue weighted by Gasteiger charge is -2.25. The summed E-state index contributed by atoms with van der Waals surface area (Å²) >= 11 is 39.7. The van der Waals surface area contributed by atoms with Crippen LogP contribution in [0.25, 0.3) is 0 Å². The van der Waals surface area contributed by atoms with Crippen LogP contribution in [0, 0.1) is 20.2 Å². The van der Waals surface area contributed by atoms with Gasteiger partial charge in [0.1, 0.15) is 11.5 Å². The molecule has 16 aromatic carbocycles. The maximum atomic E-state index is 13.8. The minimum atomic E-state index is -0.492. The number of benzene rings is 16. The maximum Gasteiger partial charge on any atom is 0.326 e. The molecule has 0 spiro atoms. The summed E-state index contributed by atoms with van der Waals surface area (Å²) in [7, 11) is 5.08. The van der Waals surface area contributed by atoms with E-state index in [1.807, 2.05) is 272 Å². The standard InChI is InChI=1S/2C28H20Cl2N2O4.C28H23ClN2O.C27H21ClN2O/c1-36-25-8-4-5-18-16-31(28(33)17-9-12-20(13-10-17)32(34)35)24-14-11-19(29)15-22(24)27(26(18)25)21-6-2-3-7-23(21)30;1-36-21-11-12-22-18(14-21)16-31(28(33)17-6-9-20(10-7-17)32(34)35)26-13-8-19(29)15-24(26)27(22)23-4-2-3-5-25(23)30;1-30-21-16-14-19(15-17-21)28(32)31-18-20-8-2-3-9-22(20)27(23-10-4-6-12-25(23)29)24-11-5-7-13-26(24)31;28-24-16-8-6-14-22(24)26-21-13-5-4-10-19(21)18-30(25-17-9-7-15-23(25)26)27(31)29-20-11-2-1-3-12-20/h2*2-15,27H,16H2,1H3;2-17,27,30H,18H2,1H3;1-17,26H,18H2,(H,29,31). The van der Waals surface area contributed by atoms with E-state index in [2.05, 4.69) is 65.2 Å². The summed E-state index contributed by atoms with van der Waals surface area (Å²) in [6, 6.07) is 115. The van der Waals surface area contributed by atoms with Crippen molar-refractivity contribution in [2.45, 2.75) is 49.9 Å². The van der Waals surface area contributed by atoms with Gasteiger partial charge in [0.05, 0.1) is 50.2 Å². The third kappa shape index (κ3) is 19.4. The number of nitrogens with zero attached hydrogens (tertiary/aromatic N) is 6. The van der Waals surface area contributed by atoms with Crippen LogP contribution in [0.1, 0.15) is 144 Å². The molecule has 16 aromatic rings. The van der Waals surface area contributed by atoms with Crippen molar-refractivity contribution in [3.8, 4) is 11.5 Å². The first-order chi connectivity index (χ1) is 65.6. The molecule has 18 nitrogen and oxygen atoms in total. The molecule has 4 aliphatic rings. The highest BCUT2D eigenvalue weighted by Gasteiger charge is 2.39. The Labute approximate surface area is 810 Å². The number of nitro groups is 2. The van der Waals surface area contributed by atoms with Gasteiger partial charge in [-0.15, -0.1) is 0 Å². The molecule has 135 heavy (non-hydrogen) atoms. The molecule has 4 aliphatic heterocycles. The van der Waals surface area contributed by atoms with Gasteiger partial charge in [-0.1, -0.05) is 264 Å². The number of nitro benzene ring substituents is 2. The van der Waals surface area contributed by atoms with Crippen molar-refractivity contribution in [3.05, 3.63) is 526 Å². The highest BCUT2D eigenvalue weighted by Crippen LogP contribution is 2.52. The van der Waals surface area contributed by atoms with E-state index in [1.165, 1.54) is 54.1 Å². The number of urea groups is 1. The SMILES string of the molecule is CNc1ccc(C(=O)N2Cc3ccccc3C(c3ccccc3Cl)c3ccccc32)cc1.COc1ccc2c(c1)CN(C(=O)c1ccc([N+](=O)[O-])cc1)c1ccc(Cl)cc1C2c1ccccc1Cl.COc1cccc2c1C(c1ccccc1Cl)c1cc(Cl)ccc1N(C(=O)c1ccc([N+](=O)[O-])cc1)C2.O=C(Nc1ccccc1)N1Cc2ccccc2C(c2ccccc2Cl)c2ccccc21. The summed E-state index contributed by atoms with van der Waals surface area (Å²) in [5.74, 6) is -0.0162. The molecule has 0 radical (unpaired) electrons. The Morgan fingerprint density at radius 2 is 0.659 bits per heavy atom. The predicted octanol–water partition coefficient (Wildman–Crippen LogP) is 28.3. The quantitative estimate of drug-likeness (QED) is 0.0819. The van der Waals surface area contributed by atoms with Crippen LogP contribution in [-0.4, -0.2) is 54.9 Å². The van der Waals surface area contributed by atoms with Crippen LogP contribution in [0.15, 0.2) is 370 Å². The third-order valence-corrected chi connectivity index (χ3v) is 26.4. The summed E-state index contributed by atoms with van der Waals surface area (Å²) in [4.78, 5) is 83.0. The molecule has 5 amide bonds. The van der Waals surface area contributed by atoms with Crippen LogP contribution in [0.2, 0.25) is 30.1 Å². The van der Waals surface area contributed by atoms with Gasteiger partial charge >= 0.3 is 6.03 Å². The first-order valence-electron chi connectivity index (χ1n) is 43.2. The van der Waals surface area contributed by atoms with Crippen LogP contribution in [-0.2, 0) is 26.2 Å². The number of anilines is 6. The first-order valence-corrected chi connectivity index (χ1v) is 45.5. The van der Waals surface area contributed by atoms with Gasteiger partial charge in [-0.05, 0) is 235 Å². The molecule has 0 aliphatic carbocycles. The van der Waals surface area contributed by atoms with Crippen LogP contribution in [0.5, 0.6) is 11.5 Å². The number of para-hydroxylation sites is 3. The molecule has 0 saturated heterocycles. The Bertz CT molecular complexity index is 7130. The third-order valence-electron chi connectivity index (χ3n) is 24.6. The number of amides is 5. The minimum absolute atomic E-state index is 0.0188. The van der Waals surface area contributed by atoms with Crippen LogP contribution >= 0.6 is 69.6 Å². The highest BCUT2D eigenvalue weighted by molar-refractivity contribution is 6.33. The zero-order valence-electron chi connectivity index (χ0n) is 72.9.